The number of hydrogen-bond acceptors (Lipinski definition) is 2. The van der Waals surface area contributed by atoms with Crippen molar-refractivity contribution in [2.24, 2.45) is 0 Å². The van der Waals surface area contributed by atoms with Gasteiger partial charge in [0.2, 0.25) is 0 Å². The highest BCUT2D eigenvalue weighted by Gasteiger charge is 2.17. The zero-order valence-electron chi connectivity index (χ0n) is 27.8. The molecule has 2 heterocycles. The number of fused-ring (bicyclic) bond motifs is 6. The predicted molar refractivity (Wildman–Crippen MR) is 214 cm³/mol. The SMILES string of the molecule is c1ccc(-c2ccc(N(c3ccc(-c4ccccc4)cc3)c3ccc4oc5ccc(-c6cccc7c6[nH]c6ccccc67)cc5c4c3)cc2)cc1. The Morgan fingerprint density at radius 1 is 0.353 bits per heavy atom. The number of furan rings is 1. The Bertz CT molecular complexity index is 2750. The summed E-state index contributed by atoms with van der Waals surface area (Å²) >= 11 is 0. The van der Waals surface area contributed by atoms with E-state index in [1.54, 1.807) is 0 Å². The highest BCUT2D eigenvalue weighted by molar-refractivity contribution is 6.13. The van der Waals surface area contributed by atoms with Crippen molar-refractivity contribution >= 4 is 60.8 Å². The number of rotatable bonds is 6. The lowest BCUT2D eigenvalue weighted by Gasteiger charge is -2.26. The quantitative estimate of drug-likeness (QED) is 0.194. The predicted octanol–water partition coefficient (Wildman–Crippen LogP) is 13.7. The van der Waals surface area contributed by atoms with E-state index >= 15 is 0 Å². The third-order valence-electron chi connectivity index (χ3n) is 10.0. The van der Waals surface area contributed by atoms with Crippen molar-refractivity contribution in [2.75, 3.05) is 4.90 Å². The molecule has 0 radical (unpaired) electrons. The van der Waals surface area contributed by atoms with Crippen LogP contribution in [0.3, 0.4) is 0 Å². The molecule has 2 aromatic heterocycles. The maximum absolute atomic E-state index is 6.43. The Kier molecular flexibility index (Phi) is 6.81. The van der Waals surface area contributed by atoms with Gasteiger partial charge < -0.3 is 14.3 Å². The summed E-state index contributed by atoms with van der Waals surface area (Å²) in [7, 11) is 0. The summed E-state index contributed by atoms with van der Waals surface area (Å²) < 4.78 is 6.43. The van der Waals surface area contributed by atoms with Crippen molar-refractivity contribution in [1.82, 2.24) is 4.98 Å². The molecular formula is C48H32N2O. The first-order valence-electron chi connectivity index (χ1n) is 17.3. The number of nitrogens with zero attached hydrogens (tertiary/aromatic N) is 1. The highest BCUT2D eigenvalue weighted by atomic mass is 16.3. The van der Waals surface area contributed by atoms with Crippen LogP contribution in [0.2, 0.25) is 0 Å². The van der Waals surface area contributed by atoms with Crippen LogP contribution in [0.15, 0.2) is 192 Å². The van der Waals surface area contributed by atoms with Crippen LogP contribution in [0, 0.1) is 0 Å². The van der Waals surface area contributed by atoms with E-state index in [4.69, 9.17) is 4.42 Å². The second kappa shape index (κ2) is 11.9. The van der Waals surface area contributed by atoms with Crippen molar-refractivity contribution in [1.29, 1.82) is 0 Å². The first kappa shape index (κ1) is 29.1. The lowest BCUT2D eigenvalue weighted by molar-refractivity contribution is 0.669. The van der Waals surface area contributed by atoms with Gasteiger partial charge in [-0.25, -0.2) is 0 Å². The van der Waals surface area contributed by atoms with Crippen molar-refractivity contribution < 1.29 is 4.42 Å². The van der Waals surface area contributed by atoms with E-state index in [2.05, 4.69) is 198 Å². The third kappa shape index (κ3) is 5.06. The number of para-hydroxylation sites is 2. The Morgan fingerprint density at radius 3 is 1.53 bits per heavy atom. The average Bonchev–Trinajstić information content (AvgIpc) is 3.77. The van der Waals surface area contributed by atoms with Crippen LogP contribution in [0.4, 0.5) is 17.1 Å². The maximum atomic E-state index is 6.43. The minimum Gasteiger partial charge on any atom is -0.456 e. The normalized spacial score (nSPS) is 11.5. The van der Waals surface area contributed by atoms with Gasteiger partial charge in [0, 0.05) is 49.7 Å². The fraction of sp³-hybridized carbons (Fsp3) is 0. The summed E-state index contributed by atoms with van der Waals surface area (Å²) in [4.78, 5) is 6.01. The van der Waals surface area contributed by atoms with Gasteiger partial charge in [-0.05, 0) is 88.5 Å². The summed E-state index contributed by atoms with van der Waals surface area (Å²) in [6, 6.07) is 66.9. The molecule has 0 saturated heterocycles. The van der Waals surface area contributed by atoms with Gasteiger partial charge in [-0.2, -0.15) is 0 Å². The molecule has 8 aromatic carbocycles. The van der Waals surface area contributed by atoms with Gasteiger partial charge in [-0.3, -0.25) is 0 Å². The number of benzene rings is 8. The molecule has 0 bridgehead atoms. The fourth-order valence-electron chi connectivity index (χ4n) is 7.50. The van der Waals surface area contributed by atoms with E-state index in [0.29, 0.717) is 0 Å². The van der Waals surface area contributed by atoms with Crippen molar-refractivity contribution in [3.63, 3.8) is 0 Å². The van der Waals surface area contributed by atoms with E-state index in [9.17, 15) is 0 Å². The van der Waals surface area contributed by atoms with Crippen molar-refractivity contribution in [2.45, 2.75) is 0 Å². The van der Waals surface area contributed by atoms with Crippen LogP contribution in [0.1, 0.15) is 0 Å². The van der Waals surface area contributed by atoms with Crippen LogP contribution in [-0.4, -0.2) is 4.98 Å². The van der Waals surface area contributed by atoms with Gasteiger partial charge in [0.25, 0.3) is 0 Å². The van der Waals surface area contributed by atoms with E-state index in [1.807, 2.05) is 0 Å². The minimum atomic E-state index is 0.869. The second-order valence-electron chi connectivity index (χ2n) is 13.1. The molecule has 0 aliphatic carbocycles. The summed E-state index contributed by atoms with van der Waals surface area (Å²) in [6.45, 7) is 0. The van der Waals surface area contributed by atoms with Gasteiger partial charge >= 0.3 is 0 Å². The molecule has 51 heavy (non-hydrogen) atoms. The molecule has 0 aliphatic rings. The Labute approximate surface area is 295 Å². The summed E-state index contributed by atoms with van der Waals surface area (Å²) in [5, 5.41) is 4.65. The largest absolute Gasteiger partial charge is 0.456 e. The van der Waals surface area contributed by atoms with E-state index in [-0.39, 0.29) is 0 Å². The smallest absolute Gasteiger partial charge is 0.135 e. The monoisotopic (exact) mass is 652 g/mol. The van der Waals surface area contributed by atoms with Gasteiger partial charge in [0.1, 0.15) is 11.2 Å². The highest BCUT2D eigenvalue weighted by Crippen LogP contribution is 2.41. The third-order valence-corrected chi connectivity index (χ3v) is 10.0. The standard InChI is InChI=1S/C48H32N2O/c1-3-10-32(11-4-1)34-18-23-37(24-19-34)50(38-25-20-35(21-26-38)33-12-5-2-6-13-33)39-27-29-47-44(31-39)43-30-36(22-28-46(43)51-47)40-15-9-16-42-41-14-7-8-17-45(41)49-48(40)42/h1-31,49H. The molecular weight excluding hydrogens is 621 g/mol. The fourth-order valence-corrected chi connectivity index (χ4v) is 7.50. The second-order valence-corrected chi connectivity index (χ2v) is 13.1. The first-order chi connectivity index (χ1) is 25.3. The zero-order chi connectivity index (χ0) is 33.7. The number of aromatic amines is 1. The zero-order valence-corrected chi connectivity index (χ0v) is 27.8. The molecule has 3 heteroatoms. The van der Waals surface area contributed by atoms with E-state index < -0.39 is 0 Å². The molecule has 0 saturated carbocycles. The number of H-pyrrole nitrogens is 1. The van der Waals surface area contributed by atoms with Gasteiger partial charge in [-0.1, -0.05) is 127 Å². The molecule has 0 atom stereocenters. The van der Waals surface area contributed by atoms with Crippen molar-refractivity contribution in [3.05, 3.63) is 188 Å². The molecule has 10 aromatic rings. The van der Waals surface area contributed by atoms with E-state index in [0.717, 1.165) is 55.6 Å². The molecule has 0 spiro atoms. The molecule has 0 fully saturated rings. The molecule has 0 amide bonds. The Balaban J connectivity index is 1.11. The summed E-state index contributed by atoms with van der Waals surface area (Å²) in [6.07, 6.45) is 0. The Hall–Kier alpha value is -6.84. The van der Waals surface area contributed by atoms with Crippen LogP contribution >= 0.6 is 0 Å². The lowest BCUT2D eigenvalue weighted by atomic mass is 10.00. The number of nitrogens with one attached hydrogen (secondary N) is 1. The van der Waals surface area contributed by atoms with Crippen LogP contribution < -0.4 is 4.90 Å². The summed E-state index contributed by atoms with van der Waals surface area (Å²) in [5.41, 5.74) is 14.4. The van der Waals surface area contributed by atoms with Gasteiger partial charge in [0.05, 0.1) is 5.52 Å². The molecule has 3 nitrogen and oxygen atoms in total. The van der Waals surface area contributed by atoms with Gasteiger partial charge in [0.15, 0.2) is 0 Å². The summed E-state index contributed by atoms with van der Waals surface area (Å²) in [5.74, 6) is 0. The van der Waals surface area contributed by atoms with Crippen LogP contribution in [0.5, 0.6) is 0 Å². The number of aromatic nitrogens is 1. The molecule has 240 valence electrons. The molecule has 10 rings (SSSR count). The number of hydrogen-bond donors (Lipinski definition) is 1. The van der Waals surface area contributed by atoms with Crippen molar-refractivity contribution in [3.8, 4) is 33.4 Å². The van der Waals surface area contributed by atoms with E-state index in [1.165, 1.54) is 38.6 Å². The average molecular weight is 653 g/mol. The molecule has 1 N–H and O–H groups in total. The Morgan fingerprint density at radius 2 is 0.863 bits per heavy atom. The first-order valence-corrected chi connectivity index (χ1v) is 17.3. The van der Waals surface area contributed by atoms with Gasteiger partial charge in [-0.15, -0.1) is 0 Å². The minimum absolute atomic E-state index is 0.869. The number of anilines is 3. The van der Waals surface area contributed by atoms with Crippen LogP contribution in [-0.2, 0) is 0 Å². The molecule has 0 aliphatic heterocycles. The maximum Gasteiger partial charge on any atom is 0.135 e. The lowest BCUT2D eigenvalue weighted by Crippen LogP contribution is -2.09. The van der Waals surface area contributed by atoms with Crippen LogP contribution in [0.25, 0.3) is 77.1 Å². The topological polar surface area (TPSA) is 32.2 Å². The molecule has 0 unspecified atom stereocenters.